The lowest BCUT2D eigenvalue weighted by atomic mass is 10.0. The first-order valence-electron chi connectivity index (χ1n) is 7.36. The molecule has 3 rings (SSSR count). The monoisotopic (exact) mass is 272 g/mol. The summed E-state index contributed by atoms with van der Waals surface area (Å²) >= 11 is 0. The van der Waals surface area contributed by atoms with E-state index in [-0.39, 0.29) is 17.9 Å². The highest BCUT2D eigenvalue weighted by molar-refractivity contribution is 6.08. The van der Waals surface area contributed by atoms with Gasteiger partial charge in [-0.3, -0.25) is 14.5 Å². The molecule has 20 heavy (non-hydrogen) atoms. The van der Waals surface area contributed by atoms with Crippen molar-refractivity contribution in [3.05, 3.63) is 29.8 Å². The number of amides is 2. The summed E-state index contributed by atoms with van der Waals surface area (Å²) < 4.78 is 0. The van der Waals surface area contributed by atoms with Crippen LogP contribution in [0, 0.1) is 0 Å². The van der Waals surface area contributed by atoms with Gasteiger partial charge in [-0.25, -0.2) is 0 Å². The first kappa shape index (κ1) is 13.2. The summed E-state index contributed by atoms with van der Waals surface area (Å²) in [6.45, 7) is 4.63. The summed E-state index contributed by atoms with van der Waals surface area (Å²) in [5, 5.41) is 0. The zero-order valence-corrected chi connectivity index (χ0v) is 12.0. The quantitative estimate of drug-likeness (QED) is 0.826. The largest absolute Gasteiger partial charge is 0.329 e. The summed E-state index contributed by atoms with van der Waals surface area (Å²) in [4.78, 5) is 28.7. The topological polar surface area (TPSA) is 40.6 Å². The number of piperazine rings is 1. The number of hydrogen-bond acceptors (Lipinski definition) is 2. The van der Waals surface area contributed by atoms with E-state index >= 15 is 0 Å². The van der Waals surface area contributed by atoms with E-state index in [1.54, 1.807) is 9.80 Å². The number of aryl methyl sites for hydroxylation is 1. The first-order valence-corrected chi connectivity index (χ1v) is 7.36. The maximum Gasteiger partial charge on any atom is 0.250 e. The second kappa shape index (κ2) is 4.93. The molecule has 1 aromatic rings. The number of anilines is 1. The zero-order valence-electron chi connectivity index (χ0n) is 12.0. The van der Waals surface area contributed by atoms with Crippen LogP contribution in [0.4, 0.5) is 5.69 Å². The highest BCUT2D eigenvalue weighted by Gasteiger charge is 2.46. The van der Waals surface area contributed by atoms with Crippen molar-refractivity contribution >= 4 is 17.5 Å². The minimum Gasteiger partial charge on any atom is -0.329 e. The van der Waals surface area contributed by atoms with Crippen LogP contribution in [0.2, 0.25) is 0 Å². The summed E-state index contributed by atoms with van der Waals surface area (Å²) in [6, 6.07) is 7.24. The van der Waals surface area contributed by atoms with Crippen molar-refractivity contribution in [3.8, 4) is 0 Å². The van der Waals surface area contributed by atoms with E-state index in [1.807, 2.05) is 31.2 Å². The van der Waals surface area contributed by atoms with Crippen LogP contribution in [-0.2, 0) is 16.0 Å². The molecule has 2 aliphatic rings. The van der Waals surface area contributed by atoms with Crippen LogP contribution in [0.5, 0.6) is 0 Å². The molecule has 0 saturated carbocycles. The Kier molecular flexibility index (Phi) is 3.24. The van der Waals surface area contributed by atoms with Crippen molar-refractivity contribution < 1.29 is 9.59 Å². The van der Waals surface area contributed by atoms with E-state index in [2.05, 4.69) is 6.92 Å². The Labute approximate surface area is 119 Å². The number of nitrogens with zero attached hydrogens (tertiary/aromatic N) is 2. The number of para-hydroxylation sites is 1. The molecule has 2 saturated heterocycles. The highest BCUT2D eigenvalue weighted by Crippen LogP contribution is 2.32. The number of fused-ring (bicyclic) bond motifs is 1. The lowest BCUT2D eigenvalue weighted by molar-refractivity contribution is -0.143. The van der Waals surface area contributed by atoms with Gasteiger partial charge in [0, 0.05) is 12.2 Å². The van der Waals surface area contributed by atoms with Crippen LogP contribution in [0.15, 0.2) is 24.3 Å². The maximum atomic E-state index is 12.8. The van der Waals surface area contributed by atoms with Gasteiger partial charge < -0.3 is 4.90 Å². The fourth-order valence-corrected chi connectivity index (χ4v) is 3.36. The molecule has 0 spiro atoms. The SMILES string of the molecule is CCc1ccccc1N1C(=O)C2CCCN2C(=O)C1C. The van der Waals surface area contributed by atoms with Gasteiger partial charge >= 0.3 is 0 Å². The molecule has 2 aliphatic heterocycles. The van der Waals surface area contributed by atoms with Gasteiger partial charge in [-0.15, -0.1) is 0 Å². The molecule has 0 N–H and O–H groups in total. The predicted octanol–water partition coefficient (Wildman–Crippen LogP) is 1.98. The second-order valence-electron chi connectivity index (χ2n) is 5.56. The standard InChI is InChI=1S/C16H20N2O2/c1-3-12-7-4-5-8-13(12)18-11(2)15(19)17-10-6-9-14(17)16(18)20/h4-5,7-8,11,14H,3,6,9-10H2,1-2H3. The molecule has 0 radical (unpaired) electrons. The van der Waals surface area contributed by atoms with Gasteiger partial charge in [0.2, 0.25) is 5.91 Å². The molecule has 1 aromatic carbocycles. The Hall–Kier alpha value is -1.84. The normalized spacial score (nSPS) is 26.1. The van der Waals surface area contributed by atoms with Gasteiger partial charge in [0.05, 0.1) is 0 Å². The fraction of sp³-hybridized carbons (Fsp3) is 0.500. The first-order chi connectivity index (χ1) is 9.65. The van der Waals surface area contributed by atoms with Crippen LogP contribution in [0.3, 0.4) is 0 Å². The molecular formula is C16H20N2O2. The highest BCUT2D eigenvalue weighted by atomic mass is 16.2. The van der Waals surface area contributed by atoms with Gasteiger partial charge in [0.15, 0.2) is 0 Å². The molecule has 106 valence electrons. The van der Waals surface area contributed by atoms with Gasteiger partial charge in [0.1, 0.15) is 12.1 Å². The minimum atomic E-state index is -0.399. The zero-order chi connectivity index (χ0) is 14.3. The maximum absolute atomic E-state index is 12.8. The van der Waals surface area contributed by atoms with Crippen LogP contribution in [0.25, 0.3) is 0 Å². The van der Waals surface area contributed by atoms with Crippen molar-refractivity contribution in [2.45, 2.75) is 45.2 Å². The summed E-state index contributed by atoms with van der Waals surface area (Å²) in [5.74, 6) is 0.161. The predicted molar refractivity (Wildman–Crippen MR) is 77.5 cm³/mol. The van der Waals surface area contributed by atoms with E-state index in [0.29, 0.717) is 0 Å². The van der Waals surface area contributed by atoms with Crippen molar-refractivity contribution in [3.63, 3.8) is 0 Å². The van der Waals surface area contributed by atoms with Gasteiger partial charge in [-0.05, 0) is 37.8 Å². The molecule has 0 aromatic heterocycles. The molecule has 0 aliphatic carbocycles. The molecular weight excluding hydrogens is 252 g/mol. The number of hydrogen-bond donors (Lipinski definition) is 0. The molecule has 2 fully saturated rings. The Morgan fingerprint density at radius 1 is 1.20 bits per heavy atom. The average molecular weight is 272 g/mol. The smallest absolute Gasteiger partial charge is 0.250 e. The number of benzene rings is 1. The minimum absolute atomic E-state index is 0.0792. The third-order valence-corrected chi connectivity index (χ3v) is 4.44. The second-order valence-corrected chi connectivity index (χ2v) is 5.56. The fourth-order valence-electron chi connectivity index (χ4n) is 3.36. The van der Waals surface area contributed by atoms with Crippen molar-refractivity contribution in [1.29, 1.82) is 0 Å². The lowest BCUT2D eigenvalue weighted by Gasteiger charge is -2.41. The average Bonchev–Trinajstić information content (AvgIpc) is 2.95. The van der Waals surface area contributed by atoms with E-state index in [9.17, 15) is 9.59 Å². The van der Waals surface area contributed by atoms with E-state index in [0.717, 1.165) is 37.1 Å². The molecule has 2 atom stereocenters. The van der Waals surface area contributed by atoms with E-state index in [4.69, 9.17) is 0 Å². The number of carbonyl (C=O) groups is 2. The summed E-state index contributed by atoms with van der Waals surface area (Å²) in [6.07, 6.45) is 2.58. The van der Waals surface area contributed by atoms with Gasteiger partial charge in [-0.2, -0.15) is 0 Å². The molecule has 2 heterocycles. The summed E-state index contributed by atoms with van der Waals surface area (Å²) in [5.41, 5.74) is 2.01. The van der Waals surface area contributed by atoms with Crippen molar-refractivity contribution in [1.82, 2.24) is 4.90 Å². The molecule has 0 bridgehead atoms. The summed E-state index contributed by atoms with van der Waals surface area (Å²) in [7, 11) is 0. The lowest BCUT2D eigenvalue weighted by Crippen LogP contribution is -2.62. The third kappa shape index (κ3) is 1.82. The molecule has 4 heteroatoms. The van der Waals surface area contributed by atoms with E-state index < -0.39 is 6.04 Å². The van der Waals surface area contributed by atoms with Crippen LogP contribution in [-0.4, -0.2) is 35.3 Å². The van der Waals surface area contributed by atoms with Crippen molar-refractivity contribution in [2.75, 3.05) is 11.4 Å². The molecule has 2 unspecified atom stereocenters. The van der Waals surface area contributed by atoms with Gasteiger partial charge in [-0.1, -0.05) is 25.1 Å². The Balaban J connectivity index is 2.03. The van der Waals surface area contributed by atoms with Crippen LogP contribution in [0.1, 0.15) is 32.3 Å². The van der Waals surface area contributed by atoms with Crippen LogP contribution >= 0.6 is 0 Å². The Morgan fingerprint density at radius 2 is 1.95 bits per heavy atom. The molecule has 4 nitrogen and oxygen atoms in total. The van der Waals surface area contributed by atoms with Crippen molar-refractivity contribution in [2.24, 2.45) is 0 Å². The Bertz CT molecular complexity index is 555. The third-order valence-electron chi connectivity index (χ3n) is 4.44. The van der Waals surface area contributed by atoms with Crippen LogP contribution < -0.4 is 4.90 Å². The molecule has 2 amide bonds. The van der Waals surface area contributed by atoms with Gasteiger partial charge in [0.25, 0.3) is 5.91 Å². The Morgan fingerprint density at radius 3 is 2.70 bits per heavy atom. The number of rotatable bonds is 2. The number of carbonyl (C=O) groups excluding carboxylic acids is 2. The van der Waals surface area contributed by atoms with E-state index in [1.165, 1.54) is 0 Å².